The number of aryl methyl sites for hydroxylation is 1. The van der Waals surface area contributed by atoms with Crippen LogP contribution in [-0.2, 0) is 11.8 Å². The van der Waals surface area contributed by atoms with Gasteiger partial charge in [-0.3, -0.25) is 9.48 Å². The maximum absolute atomic E-state index is 12.3. The molecule has 10 heteroatoms. The topological polar surface area (TPSA) is 98.5 Å². The molecule has 0 saturated carbocycles. The summed E-state index contributed by atoms with van der Waals surface area (Å²) >= 11 is 4.59. The Kier molecular flexibility index (Phi) is 7.14. The van der Waals surface area contributed by atoms with E-state index in [-0.39, 0.29) is 11.7 Å². The van der Waals surface area contributed by atoms with Crippen molar-refractivity contribution < 1.29 is 14.3 Å². The van der Waals surface area contributed by atoms with E-state index in [9.17, 15) is 9.59 Å². The molecule has 0 saturated heterocycles. The average Bonchev–Trinajstić information content (AvgIpc) is 3.06. The average molecular weight is 474 g/mol. The summed E-state index contributed by atoms with van der Waals surface area (Å²) in [6.07, 6.45) is 4.67. The molecule has 0 spiro atoms. The quantitative estimate of drug-likeness (QED) is 0.186. The molecule has 0 atom stereocenters. The number of esters is 1. The number of hydrogen-bond acceptors (Lipinski definition) is 7. The van der Waals surface area contributed by atoms with Crippen LogP contribution < -0.4 is 10.2 Å². The van der Waals surface area contributed by atoms with Gasteiger partial charge in [0.1, 0.15) is 5.75 Å². The Labute approximate surface area is 179 Å². The van der Waals surface area contributed by atoms with Crippen LogP contribution in [0.5, 0.6) is 5.75 Å². The number of hydrazone groups is 1. The fourth-order valence-electron chi connectivity index (χ4n) is 2.24. The Hall–Kier alpha value is -2.98. The molecule has 2 aromatic heterocycles. The van der Waals surface area contributed by atoms with Crippen LogP contribution in [0, 0.1) is 0 Å². The normalized spacial score (nSPS) is 10.8. The molecule has 0 aliphatic carbocycles. The van der Waals surface area contributed by atoms with Crippen molar-refractivity contribution in [1.82, 2.24) is 20.2 Å². The van der Waals surface area contributed by atoms with Gasteiger partial charge in [-0.15, -0.1) is 0 Å². The molecule has 0 aliphatic heterocycles. The maximum Gasteiger partial charge on any atom is 0.363 e. The molecule has 1 N–H and O–H groups in total. The number of carbonyl (C=O) groups excluding carboxylic acids is 2. The van der Waals surface area contributed by atoms with Gasteiger partial charge in [0.2, 0.25) is 5.91 Å². The predicted molar refractivity (Wildman–Crippen MR) is 113 cm³/mol. The Morgan fingerprint density at radius 3 is 2.90 bits per heavy atom. The van der Waals surface area contributed by atoms with Gasteiger partial charge in [-0.25, -0.2) is 15.2 Å². The monoisotopic (exact) mass is 473 g/mol. The van der Waals surface area contributed by atoms with Crippen molar-refractivity contribution >= 4 is 45.8 Å². The minimum absolute atomic E-state index is 0.200. The Bertz CT molecular complexity index is 1020. The van der Waals surface area contributed by atoms with E-state index in [4.69, 9.17) is 4.74 Å². The van der Waals surface area contributed by atoms with E-state index in [1.165, 1.54) is 28.9 Å². The minimum Gasteiger partial charge on any atom is -0.422 e. The first-order chi connectivity index (χ1) is 14.0. The van der Waals surface area contributed by atoms with E-state index >= 15 is 0 Å². The highest BCUT2D eigenvalue weighted by molar-refractivity contribution is 9.10. The molecule has 3 rings (SSSR count). The van der Waals surface area contributed by atoms with Crippen molar-refractivity contribution in [3.05, 3.63) is 70.6 Å². The largest absolute Gasteiger partial charge is 0.422 e. The third kappa shape index (κ3) is 6.00. The van der Waals surface area contributed by atoms with Gasteiger partial charge < -0.3 is 4.74 Å². The third-order valence-electron chi connectivity index (χ3n) is 3.55. The zero-order chi connectivity index (χ0) is 20.6. The first kappa shape index (κ1) is 20.7. The van der Waals surface area contributed by atoms with Crippen molar-refractivity contribution in [2.24, 2.45) is 12.1 Å². The summed E-state index contributed by atoms with van der Waals surface area (Å²) in [4.78, 5) is 28.3. The molecule has 148 valence electrons. The van der Waals surface area contributed by atoms with Crippen molar-refractivity contribution in [3.63, 3.8) is 0 Å². The van der Waals surface area contributed by atoms with Gasteiger partial charge in [-0.05, 0) is 45.8 Å². The number of hydrogen-bond donors (Lipinski definition) is 1. The van der Waals surface area contributed by atoms with Gasteiger partial charge >= 0.3 is 5.97 Å². The summed E-state index contributed by atoms with van der Waals surface area (Å²) in [5.74, 6) is -0.235. The lowest BCUT2D eigenvalue weighted by Gasteiger charge is -2.06. The molecule has 8 nitrogen and oxygen atoms in total. The fourth-order valence-corrected chi connectivity index (χ4v) is 3.40. The van der Waals surface area contributed by atoms with Crippen LogP contribution in [0.3, 0.4) is 0 Å². The van der Waals surface area contributed by atoms with Crippen LogP contribution in [0.1, 0.15) is 16.1 Å². The van der Waals surface area contributed by atoms with Gasteiger partial charge in [0, 0.05) is 13.2 Å². The molecule has 0 unspecified atom stereocenters. The second kappa shape index (κ2) is 9.99. The van der Waals surface area contributed by atoms with E-state index in [2.05, 4.69) is 36.5 Å². The van der Waals surface area contributed by atoms with Crippen molar-refractivity contribution in [1.29, 1.82) is 0 Å². The summed E-state index contributed by atoms with van der Waals surface area (Å²) in [5.41, 5.74) is 3.43. The molecule has 2 heterocycles. The number of halogens is 1. The minimum atomic E-state index is -0.536. The van der Waals surface area contributed by atoms with Crippen LogP contribution in [-0.4, -0.2) is 38.6 Å². The number of benzene rings is 1. The standard InChI is InChI=1S/C19H16BrN5O3S/c1-25-18(15(20)11-23-25)19(27)28-14-6-4-5-13(9-14)10-22-24-16(26)12-29-17-7-2-3-8-21-17/h2-11H,12H2,1H3,(H,24,26). The summed E-state index contributed by atoms with van der Waals surface area (Å²) < 4.78 is 7.36. The van der Waals surface area contributed by atoms with Crippen LogP contribution in [0.15, 0.2) is 69.5 Å². The van der Waals surface area contributed by atoms with Crippen molar-refractivity contribution in [2.45, 2.75) is 5.03 Å². The van der Waals surface area contributed by atoms with Crippen LogP contribution in [0.2, 0.25) is 0 Å². The lowest BCUT2D eigenvalue weighted by atomic mass is 10.2. The molecule has 0 aliphatic rings. The molecule has 1 amide bonds. The Balaban J connectivity index is 1.54. The summed E-state index contributed by atoms with van der Waals surface area (Å²) in [5, 5.41) is 8.69. The highest BCUT2D eigenvalue weighted by atomic mass is 79.9. The van der Waals surface area contributed by atoms with Crippen LogP contribution in [0.4, 0.5) is 0 Å². The lowest BCUT2D eigenvalue weighted by molar-refractivity contribution is -0.118. The number of nitrogens with zero attached hydrogens (tertiary/aromatic N) is 4. The second-order valence-electron chi connectivity index (χ2n) is 5.68. The van der Waals surface area contributed by atoms with Crippen LogP contribution in [0.25, 0.3) is 0 Å². The zero-order valence-electron chi connectivity index (χ0n) is 15.3. The van der Waals surface area contributed by atoms with E-state index in [1.807, 2.05) is 18.2 Å². The van der Waals surface area contributed by atoms with Crippen molar-refractivity contribution in [2.75, 3.05) is 5.75 Å². The molecule has 29 heavy (non-hydrogen) atoms. The highest BCUT2D eigenvalue weighted by Gasteiger charge is 2.17. The molecular formula is C19H16BrN5O3S. The fraction of sp³-hybridized carbons (Fsp3) is 0.105. The Morgan fingerprint density at radius 1 is 1.31 bits per heavy atom. The van der Waals surface area contributed by atoms with Crippen LogP contribution >= 0.6 is 27.7 Å². The van der Waals surface area contributed by atoms with Gasteiger partial charge in [0.05, 0.1) is 27.7 Å². The molecule has 3 aromatic rings. The molecule has 0 fully saturated rings. The van der Waals surface area contributed by atoms with Gasteiger partial charge in [0.15, 0.2) is 5.69 Å². The third-order valence-corrected chi connectivity index (χ3v) is 5.07. The number of pyridine rings is 1. The highest BCUT2D eigenvalue weighted by Crippen LogP contribution is 2.19. The van der Waals surface area contributed by atoms with Gasteiger partial charge in [-0.2, -0.15) is 10.2 Å². The first-order valence-electron chi connectivity index (χ1n) is 8.38. The van der Waals surface area contributed by atoms with Gasteiger partial charge in [-0.1, -0.05) is 30.0 Å². The summed E-state index contributed by atoms with van der Waals surface area (Å²) in [6.45, 7) is 0. The van der Waals surface area contributed by atoms with E-state index in [0.29, 0.717) is 21.5 Å². The maximum atomic E-state index is 12.3. The molecule has 1 aromatic carbocycles. The molecule has 0 bridgehead atoms. The Morgan fingerprint density at radius 2 is 2.17 bits per heavy atom. The first-order valence-corrected chi connectivity index (χ1v) is 10.2. The number of carbonyl (C=O) groups is 2. The lowest BCUT2D eigenvalue weighted by Crippen LogP contribution is -2.19. The zero-order valence-corrected chi connectivity index (χ0v) is 17.7. The number of rotatable bonds is 7. The number of thioether (sulfide) groups is 1. The number of amides is 1. The smallest absolute Gasteiger partial charge is 0.363 e. The summed E-state index contributed by atoms with van der Waals surface area (Å²) in [7, 11) is 1.65. The van der Waals surface area contributed by atoms with Gasteiger partial charge in [0.25, 0.3) is 0 Å². The SMILES string of the molecule is Cn1ncc(Br)c1C(=O)Oc1cccc(C=NNC(=O)CSc2ccccn2)c1. The number of nitrogens with one attached hydrogen (secondary N) is 1. The van der Waals surface area contributed by atoms with E-state index < -0.39 is 5.97 Å². The van der Waals surface area contributed by atoms with Crippen molar-refractivity contribution in [3.8, 4) is 5.75 Å². The molecule has 0 radical (unpaired) electrons. The number of ether oxygens (including phenoxy) is 1. The van der Waals surface area contributed by atoms with E-state index in [1.54, 1.807) is 37.5 Å². The molecular weight excluding hydrogens is 458 g/mol. The predicted octanol–water partition coefficient (Wildman–Crippen LogP) is 3.04. The summed E-state index contributed by atoms with van der Waals surface area (Å²) in [6, 6.07) is 12.3. The number of aromatic nitrogens is 3. The second-order valence-corrected chi connectivity index (χ2v) is 7.53. The van der Waals surface area contributed by atoms with E-state index in [0.717, 1.165) is 5.03 Å².